The molecule has 1 aliphatic rings. The number of ether oxygens (including phenoxy) is 1. The van der Waals surface area contributed by atoms with Crippen LogP contribution >= 0.6 is 11.8 Å². The number of hydrogen-bond donors (Lipinski definition) is 0. The normalized spacial score (nSPS) is 16.8. The Labute approximate surface area is 134 Å². The minimum Gasteiger partial charge on any atom is -0.492 e. The van der Waals surface area contributed by atoms with E-state index < -0.39 is 10.0 Å². The second-order valence-electron chi connectivity index (χ2n) is 4.91. The SMILES string of the molecule is CCOc1ccc(S(=O)(=O)N2CCSCC2)c2cccnc12. The van der Waals surface area contributed by atoms with Crippen molar-refractivity contribution in [3.8, 4) is 5.75 Å². The highest BCUT2D eigenvalue weighted by Crippen LogP contribution is 2.31. The van der Waals surface area contributed by atoms with Crippen LogP contribution in [0.25, 0.3) is 10.9 Å². The minimum absolute atomic E-state index is 0.311. The molecule has 22 heavy (non-hydrogen) atoms. The van der Waals surface area contributed by atoms with Crippen molar-refractivity contribution in [1.29, 1.82) is 0 Å². The first-order valence-corrected chi connectivity index (χ1v) is 9.82. The van der Waals surface area contributed by atoms with E-state index in [2.05, 4.69) is 4.98 Å². The van der Waals surface area contributed by atoms with E-state index in [4.69, 9.17) is 4.74 Å². The number of pyridine rings is 1. The van der Waals surface area contributed by atoms with Gasteiger partial charge in [-0.25, -0.2) is 8.42 Å². The van der Waals surface area contributed by atoms with Gasteiger partial charge in [-0.1, -0.05) is 0 Å². The van der Waals surface area contributed by atoms with Gasteiger partial charge in [-0.05, 0) is 31.2 Å². The van der Waals surface area contributed by atoms with Crippen molar-refractivity contribution in [2.45, 2.75) is 11.8 Å². The van der Waals surface area contributed by atoms with E-state index in [-0.39, 0.29) is 0 Å². The Bertz CT molecular complexity index is 771. The van der Waals surface area contributed by atoms with Crippen molar-refractivity contribution in [1.82, 2.24) is 9.29 Å². The quantitative estimate of drug-likeness (QED) is 0.856. The first kappa shape index (κ1) is 15.6. The number of rotatable bonds is 4. The first-order chi connectivity index (χ1) is 10.6. The third-order valence-electron chi connectivity index (χ3n) is 3.58. The van der Waals surface area contributed by atoms with Crippen LogP contribution in [0.4, 0.5) is 0 Å². The predicted octanol–water partition coefficient (Wildman–Crippen LogP) is 2.37. The molecule has 1 fully saturated rings. The zero-order chi connectivity index (χ0) is 15.6. The molecule has 0 radical (unpaired) electrons. The van der Waals surface area contributed by atoms with E-state index >= 15 is 0 Å². The summed E-state index contributed by atoms with van der Waals surface area (Å²) >= 11 is 1.78. The molecule has 0 N–H and O–H groups in total. The average Bonchev–Trinajstić information content (AvgIpc) is 2.56. The van der Waals surface area contributed by atoms with Gasteiger partial charge in [0.1, 0.15) is 11.3 Å². The van der Waals surface area contributed by atoms with E-state index in [1.165, 1.54) is 0 Å². The van der Waals surface area contributed by atoms with Gasteiger partial charge in [0.15, 0.2) is 0 Å². The molecule has 3 rings (SSSR count). The molecule has 2 heterocycles. The summed E-state index contributed by atoms with van der Waals surface area (Å²) in [6, 6.07) is 6.87. The van der Waals surface area contributed by atoms with Gasteiger partial charge in [0.2, 0.25) is 10.0 Å². The summed E-state index contributed by atoms with van der Waals surface area (Å²) in [5.74, 6) is 2.30. The minimum atomic E-state index is -3.50. The Balaban J connectivity index is 2.13. The number of hydrogen-bond acceptors (Lipinski definition) is 5. The summed E-state index contributed by atoms with van der Waals surface area (Å²) in [6.45, 7) is 3.52. The second-order valence-corrected chi connectivity index (χ2v) is 8.04. The van der Waals surface area contributed by atoms with Crippen LogP contribution in [-0.4, -0.2) is 48.9 Å². The molecule has 5 nitrogen and oxygen atoms in total. The van der Waals surface area contributed by atoms with E-state index in [9.17, 15) is 8.42 Å². The van der Waals surface area contributed by atoms with E-state index in [1.807, 2.05) is 6.92 Å². The average molecular weight is 338 g/mol. The van der Waals surface area contributed by atoms with Gasteiger partial charge >= 0.3 is 0 Å². The Kier molecular flexibility index (Phi) is 4.56. The molecule has 118 valence electrons. The van der Waals surface area contributed by atoms with Gasteiger partial charge in [-0.3, -0.25) is 4.98 Å². The number of fused-ring (bicyclic) bond motifs is 1. The van der Waals surface area contributed by atoms with Crippen LogP contribution in [0.15, 0.2) is 35.4 Å². The molecule has 0 aliphatic carbocycles. The maximum atomic E-state index is 12.9. The van der Waals surface area contributed by atoms with Crippen LogP contribution in [0, 0.1) is 0 Å². The van der Waals surface area contributed by atoms with Crippen LogP contribution in [-0.2, 0) is 10.0 Å². The monoisotopic (exact) mass is 338 g/mol. The van der Waals surface area contributed by atoms with Gasteiger partial charge in [-0.2, -0.15) is 16.1 Å². The Hall–Kier alpha value is -1.31. The largest absolute Gasteiger partial charge is 0.492 e. The Morgan fingerprint density at radius 1 is 1.27 bits per heavy atom. The summed E-state index contributed by atoms with van der Waals surface area (Å²) in [5, 5.41) is 0.617. The van der Waals surface area contributed by atoms with Crippen LogP contribution in [0.3, 0.4) is 0 Å². The number of nitrogens with zero attached hydrogens (tertiary/aromatic N) is 2. The molecule has 1 aromatic heterocycles. The summed E-state index contributed by atoms with van der Waals surface area (Å²) in [6.07, 6.45) is 1.65. The summed E-state index contributed by atoms with van der Waals surface area (Å²) in [4.78, 5) is 4.62. The fraction of sp³-hybridized carbons (Fsp3) is 0.400. The molecule has 1 aliphatic heterocycles. The zero-order valence-corrected chi connectivity index (χ0v) is 14.0. The fourth-order valence-electron chi connectivity index (χ4n) is 2.54. The second kappa shape index (κ2) is 6.44. The molecule has 7 heteroatoms. The van der Waals surface area contributed by atoms with E-state index in [0.29, 0.717) is 41.2 Å². The lowest BCUT2D eigenvalue weighted by atomic mass is 10.2. The van der Waals surface area contributed by atoms with Gasteiger partial charge < -0.3 is 4.74 Å². The molecular weight excluding hydrogens is 320 g/mol. The molecule has 0 spiro atoms. The molecule has 0 atom stereocenters. The van der Waals surface area contributed by atoms with Crippen LogP contribution in [0.1, 0.15) is 6.92 Å². The lowest BCUT2D eigenvalue weighted by molar-refractivity contribution is 0.343. The highest BCUT2D eigenvalue weighted by molar-refractivity contribution is 7.99. The van der Waals surface area contributed by atoms with Crippen molar-refractivity contribution in [3.63, 3.8) is 0 Å². The van der Waals surface area contributed by atoms with Crippen molar-refractivity contribution in [2.75, 3.05) is 31.2 Å². The number of benzene rings is 1. The van der Waals surface area contributed by atoms with E-state index in [1.54, 1.807) is 46.5 Å². The lowest BCUT2D eigenvalue weighted by Crippen LogP contribution is -2.37. The third-order valence-corrected chi connectivity index (χ3v) is 6.48. The van der Waals surface area contributed by atoms with Crippen molar-refractivity contribution >= 4 is 32.7 Å². The number of thioether (sulfide) groups is 1. The third kappa shape index (κ3) is 2.80. The van der Waals surface area contributed by atoms with Crippen LogP contribution < -0.4 is 4.74 Å². The molecule has 1 aromatic carbocycles. The lowest BCUT2D eigenvalue weighted by Gasteiger charge is -2.26. The highest BCUT2D eigenvalue weighted by Gasteiger charge is 2.28. The van der Waals surface area contributed by atoms with Crippen molar-refractivity contribution < 1.29 is 13.2 Å². The summed E-state index contributed by atoms with van der Waals surface area (Å²) in [7, 11) is -3.50. The van der Waals surface area contributed by atoms with Gasteiger partial charge in [0.25, 0.3) is 0 Å². The molecule has 2 aromatic rings. The van der Waals surface area contributed by atoms with Gasteiger partial charge in [0, 0.05) is 36.2 Å². The maximum absolute atomic E-state index is 12.9. The maximum Gasteiger partial charge on any atom is 0.243 e. The van der Waals surface area contributed by atoms with Gasteiger partial charge in [-0.15, -0.1) is 0 Å². The van der Waals surface area contributed by atoms with Crippen molar-refractivity contribution in [3.05, 3.63) is 30.5 Å². The summed E-state index contributed by atoms with van der Waals surface area (Å²) < 4.78 is 33.0. The smallest absolute Gasteiger partial charge is 0.243 e. The number of aromatic nitrogens is 1. The van der Waals surface area contributed by atoms with Crippen LogP contribution in [0.2, 0.25) is 0 Å². The number of sulfonamides is 1. The Morgan fingerprint density at radius 3 is 2.77 bits per heavy atom. The molecule has 0 amide bonds. The molecule has 0 unspecified atom stereocenters. The van der Waals surface area contributed by atoms with Crippen molar-refractivity contribution in [2.24, 2.45) is 0 Å². The zero-order valence-electron chi connectivity index (χ0n) is 12.4. The predicted molar refractivity (Wildman–Crippen MR) is 89.0 cm³/mol. The van der Waals surface area contributed by atoms with Gasteiger partial charge in [0.05, 0.1) is 11.5 Å². The first-order valence-electron chi connectivity index (χ1n) is 7.23. The molecule has 0 saturated carbocycles. The topological polar surface area (TPSA) is 59.5 Å². The molecular formula is C15H18N2O3S2. The van der Waals surface area contributed by atoms with E-state index in [0.717, 1.165) is 11.5 Å². The highest BCUT2D eigenvalue weighted by atomic mass is 32.2. The summed E-state index contributed by atoms with van der Waals surface area (Å²) in [5.41, 5.74) is 0.594. The Morgan fingerprint density at radius 2 is 2.05 bits per heavy atom. The van der Waals surface area contributed by atoms with Crippen LogP contribution in [0.5, 0.6) is 5.75 Å². The molecule has 1 saturated heterocycles. The molecule has 0 bridgehead atoms. The fourth-order valence-corrected chi connectivity index (χ4v) is 5.30. The standard InChI is InChI=1S/C15H18N2O3S2/c1-2-20-13-5-6-14(12-4-3-7-16-15(12)13)22(18,19)17-8-10-21-11-9-17/h3-7H,2,8-11H2,1H3.